The smallest absolute Gasteiger partial charge is 0.312 e. The van der Waals surface area contributed by atoms with Crippen LogP contribution < -0.4 is 10.7 Å². The van der Waals surface area contributed by atoms with Crippen molar-refractivity contribution in [3.05, 3.63) is 62.9 Å². The fourth-order valence-electron chi connectivity index (χ4n) is 1.70. The molecule has 0 unspecified atom stereocenters. The first kappa shape index (κ1) is 17.6. The van der Waals surface area contributed by atoms with Gasteiger partial charge >= 0.3 is 5.69 Å². The molecule has 0 saturated carbocycles. The van der Waals surface area contributed by atoms with Crippen LogP contribution in [0.4, 0.5) is 15.8 Å². The van der Waals surface area contributed by atoms with Gasteiger partial charge in [0, 0.05) is 22.3 Å². The second-order valence-corrected chi connectivity index (χ2v) is 5.30. The van der Waals surface area contributed by atoms with Crippen molar-refractivity contribution in [2.75, 3.05) is 5.32 Å². The number of rotatable bonds is 4. The quantitative estimate of drug-likeness (QED) is 0.331. The van der Waals surface area contributed by atoms with E-state index in [1.165, 1.54) is 30.3 Å². The first-order valence-corrected chi connectivity index (χ1v) is 7.18. The van der Waals surface area contributed by atoms with Crippen LogP contribution >= 0.6 is 23.8 Å². The standard InChI is InChI=1S/C14H10ClFN4O3S/c15-9-5-8(13(21)12(6-9)20(22)23)7-17-19-14(24)18-11-3-1-10(16)2-4-11/h1-7,21H,(H2,18,19,24)/b17-7-. The third-order valence-corrected chi connectivity index (χ3v) is 3.16. The van der Waals surface area contributed by atoms with E-state index in [0.717, 1.165) is 12.3 Å². The predicted molar refractivity (Wildman–Crippen MR) is 93.1 cm³/mol. The summed E-state index contributed by atoms with van der Waals surface area (Å²) < 4.78 is 12.8. The number of nitro benzene ring substituents is 1. The highest BCUT2D eigenvalue weighted by Crippen LogP contribution is 2.32. The van der Waals surface area contributed by atoms with Gasteiger partial charge in [0.1, 0.15) is 5.82 Å². The lowest BCUT2D eigenvalue weighted by molar-refractivity contribution is -0.385. The molecule has 0 fully saturated rings. The van der Waals surface area contributed by atoms with Crippen LogP contribution in [0.3, 0.4) is 0 Å². The number of hydrazone groups is 1. The van der Waals surface area contributed by atoms with Gasteiger partial charge in [-0.25, -0.2) is 4.39 Å². The largest absolute Gasteiger partial charge is 0.502 e. The average Bonchev–Trinajstić information content (AvgIpc) is 2.52. The molecular formula is C14H10ClFN4O3S. The zero-order valence-corrected chi connectivity index (χ0v) is 13.4. The number of aromatic hydroxyl groups is 1. The molecule has 2 aromatic carbocycles. The lowest BCUT2D eigenvalue weighted by atomic mass is 10.2. The lowest BCUT2D eigenvalue weighted by Gasteiger charge is -2.06. The van der Waals surface area contributed by atoms with Gasteiger partial charge in [-0.2, -0.15) is 5.10 Å². The van der Waals surface area contributed by atoms with Crippen LogP contribution in [0.25, 0.3) is 0 Å². The highest BCUT2D eigenvalue weighted by Gasteiger charge is 2.17. The Morgan fingerprint density at radius 1 is 1.38 bits per heavy atom. The van der Waals surface area contributed by atoms with Crippen LogP contribution in [-0.2, 0) is 0 Å². The molecule has 10 heteroatoms. The van der Waals surface area contributed by atoms with Gasteiger partial charge in [0.25, 0.3) is 0 Å². The van der Waals surface area contributed by atoms with Gasteiger partial charge in [-0.1, -0.05) is 11.6 Å². The maximum absolute atomic E-state index is 12.8. The molecule has 7 nitrogen and oxygen atoms in total. The summed E-state index contributed by atoms with van der Waals surface area (Å²) in [6.45, 7) is 0. The van der Waals surface area contributed by atoms with Crippen molar-refractivity contribution < 1.29 is 14.4 Å². The van der Waals surface area contributed by atoms with Gasteiger partial charge in [0.15, 0.2) is 5.11 Å². The van der Waals surface area contributed by atoms with Crippen molar-refractivity contribution in [2.24, 2.45) is 5.10 Å². The SMILES string of the molecule is O=[N+]([O-])c1cc(Cl)cc(/C=N\NC(=S)Nc2ccc(F)cc2)c1O. The number of nitrogens with zero attached hydrogens (tertiary/aromatic N) is 2. The molecule has 0 aromatic heterocycles. The third kappa shape index (κ3) is 4.61. The topological polar surface area (TPSA) is 99.8 Å². The molecular weight excluding hydrogens is 359 g/mol. The van der Waals surface area contributed by atoms with Crippen LogP contribution in [0, 0.1) is 15.9 Å². The molecule has 2 aromatic rings. The molecule has 0 aliphatic heterocycles. The fraction of sp³-hybridized carbons (Fsp3) is 0. The molecule has 2 rings (SSSR count). The molecule has 0 spiro atoms. The maximum Gasteiger partial charge on any atom is 0.312 e. The molecule has 3 N–H and O–H groups in total. The zero-order valence-electron chi connectivity index (χ0n) is 11.9. The normalized spacial score (nSPS) is 10.6. The minimum atomic E-state index is -0.757. The number of halogens is 2. The van der Waals surface area contributed by atoms with E-state index >= 15 is 0 Å². The van der Waals surface area contributed by atoms with Crippen LogP contribution in [0.2, 0.25) is 5.02 Å². The van der Waals surface area contributed by atoms with E-state index in [2.05, 4.69) is 15.8 Å². The Hall–Kier alpha value is -2.78. The number of anilines is 1. The summed E-state index contributed by atoms with van der Waals surface area (Å²) in [5, 5.41) is 27.3. The molecule has 0 heterocycles. The molecule has 0 saturated heterocycles. The minimum absolute atomic E-state index is 0.0475. The Labute approximate surface area is 145 Å². The lowest BCUT2D eigenvalue weighted by Crippen LogP contribution is -2.23. The molecule has 0 atom stereocenters. The molecule has 0 aliphatic rings. The van der Waals surface area contributed by atoms with E-state index in [0.29, 0.717) is 5.69 Å². The molecule has 0 bridgehead atoms. The van der Waals surface area contributed by atoms with Gasteiger partial charge in [0.05, 0.1) is 11.1 Å². The van der Waals surface area contributed by atoms with Gasteiger partial charge < -0.3 is 10.4 Å². The summed E-state index contributed by atoms with van der Waals surface area (Å²) in [6.07, 6.45) is 1.13. The van der Waals surface area contributed by atoms with Crippen molar-refractivity contribution in [3.8, 4) is 5.75 Å². The molecule has 0 amide bonds. The van der Waals surface area contributed by atoms with Crippen LogP contribution in [0.1, 0.15) is 5.56 Å². The van der Waals surface area contributed by atoms with E-state index in [1.807, 2.05) is 0 Å². The molecule has 24 heavy (non-hydrogen) atoms. The summed E-state index contributed by atoms with van der Waals surface area (Å²) in [5.41, 5.74) is 2.52. The van der Waals surface area contributed by atoms with Crippen molar-refractivity contribution >= 4 is 46.5 Å². The fourth-order valence-corrected chi connectivity index (χ4v) is 2.09. The first-order valence-electron chi connectivity index (χ1n) is 6.39. The van der Waals surface area contributed by atoms with E-state index in [4.69, 9.17) is 23.8 Å². The maximum atomic E-state index is 12.8. The van der Waals surface area contributed by atoms with E-state index in [-0.39, 0.29) is 21.5 Å². The number of thiocarbonyl (C=S) groups is 1. The Bertz CT molecular complexity index is 814. The number of phenolic OH excluding ortho intramolecular Hbond substituents is 1. The highest BCUT2D eigenvalue weighted by molar-refractivity contribution is 7.80. The van der Waals surface area contributed by atoms with Crippen LogP contribution in [0.5, 0.6) is 5.75 Å². The van der Waals surface area contributed by atoms with Gasteiger partial charge in [0.2, 0.25) is 5.75 Å². The summed E-state index contributed by atoms with van der Waals surface area (Å²) >= 11 is 10.7. The van der Waals surface area contributed by atoms with Crippen LogP contribution in [0.15, 0.2) is 41.5 Å². The van der Waals surface area contributed by atoms with E-state index in [9.17, 15) is 19.6 Å². The van der Waals surface area contributed by atoms with Crippen molar-refractivity contribution in [2.45, 2.75) is 0 Å². The average molecular weight is 369 g/mol. The molecule has 0 aliphatic carbocycles. The second kappa shape index (κ2) is 7.66. The summed E-state index contributed by atoms with van der Waals surface area (Å²) in [6, 6.07) is 7.83. The summed E-state index contributed by atoms with van der Waals surface area (Å²) in [5.74, 6) is -0.942. The van der Waals surface area contributed by atoms with Crippen molar-refractivity contribution in [1.29, 1.82) is 0 Å². The first-order chi connectivity index (χ1) is 11.4. The van der Waals surface area contributed by atoms with E-state index < -0.39 is 16.4 Å². The molecule has 0 radical (unpaired) electrons. The number of nitrogens with one attached hydrogen (secondary N) is 2. The van der Waals surface area contributed by atoms with Crippen LogP contribution in [-0.4, -0.2) is 21.4 Å². The van der Waals surface area contributed by atoms with Gasteiger partial charge in [-0.15, -0.1) is 0 Å². The summed E-state index contributed by atoms with van der Waals surface area (Å²) in [7, 11) is 0. The third-order valence-electron chi connectivity index (χ3n) is 2.75. The molecule has 124 valence electrons. The van der Waals surface area contributed by atoms with Gasteiger partial charge in [-0.05, 0) is 42.5 Å². The Kier molecular flexibility index (Phi) is 5.61. The van der Waals surface area contributed by atoms with Gasteiger partial charge in [-0.3, -0.25) is 15.5 Å². The monoisotopic (exact) mass is 368 g/mol. The number of hydrogen-bond donors (Lipinski definition) is 3. The Morgan fingerprint density at radius 3 is 2.67 bits per heavy atom. The van der Waals surface area contributed by atoms with Crippen molar-refractivity contribution in [1.82, 2.24) is 5.43 Å². The van der Waals surface area contributed by atoms with E-state index in [1.54, 1.807) is 0 Å². The predicted octanol–water partition coefficient (Wildman–Crippen LogP) is 3.41. The van der Waals surface area contributed by atoms with Crippen molar-refractivity contribution in [3.63, 3.8) is 0 Å². The second-order valence-electron chi connectivity index (χ2n) is 4.45. The number of nitro groups is 1. The number of hydrogen-bond acceptors (Lipinski definition) is 5. The highest BCUT2D eigenvalue weighted by atomic mass is 35.5. The Morgan fingerprint density at radius 2 is 2.04 bits per heavy atom. The minimum Gasteiger partial charge on any atom is -0.502 e. The zero-order chi connectivity index (χ0) is 17.7. The summed E-state index contributed by atoms with van der Waals surface area (Å²) in [4.78, 5) is 10.0. The number of phenols is 1. The Balaban J connectivity index is 2.05. The number of benzene rings is 2.